The molecular formula is C23H19ClN2O2S2. The first kappa shape index (κ1) is 19.7. The van der Waals surface area contributed by atoms with Crippen molar-refractivity contribution in [2.24, 2.45) is 0 Å². The standard InChI is InChI=1S/C23H19ClN2O2S2/c1-15-4-6-16(7-5-15)14-25-19-9-8-17(24)13-18(19)23(22(25)28)26(10-12-30-23)21(27)20-3-2-11-29-20/h2-9,11,13H,10,12,14H2,1H3. The third kappa shape index (κ3) is 2.97. The lowest BCUT2D eigenvalue weighted by molar-refractivity contribution is -0.123. The molecule has 3 heterocycles. The minimum absolute atomic E-state index is 0.0762. The second-order valence-electron chi connectivity index (χ2n) is 7.46. The second kappa shape index (κ2) is 7.45. The SMILES string of the molecule is Cc1ccc(CN2C(=O)C3(SCCN3C(=O)c3cccs3)c3cc(Cl)ccc32)cc1. The molecule has 152 valence electrons. The summed E-state index contributed by atoms with van der Waals surface area (Å²) in [6, 6.07) is 17.4. The number of anilines is 1. The van der Waals surface area contributed by atoms with Crippen molar-refractivity contribution in [1.82, 2.24) is 4.90 Å². The van der Waals surface area contributed by atoms with Gasteiger partial charge in [-0.25, -0.2) is 0 Å². The predicted octanol–water partition coefficient (Wildman–Crippen LogP) is 5.30. The summed E-state index contributed by atoms with van der Waals surface area (Å²) in [5.41, 5.74) is 3.85. The molecule has 1 spiro atoms. The fraction of sp³-hybridized carbons (Fsp3) is 0.217. The largest absolute Gasteiger partial charge is 0.310 e. The highest BCUT2D eigenvalue weighted by Gasteiger charge is 2.59. The number of carbonyl (C=O) groups is 2. The summed E-state index contributed by atoms with van der Waals surface area (Å²) >= 11 is 9.27. The summed E-state index contributed by atoms with van der Waals surface area (Å²) in [4.78, 5) is 30.4. The zero-order valence-corrected chi connectivity index (χ0v) is 18.7. The van der Waals surface area contributed by atoms with Crippen LogP contribution in [-0.4, -0.2) is 29.0 Å². The maximum atomic E-state index is 13.9. The summed E-state index contributed by atoms with van der Waals surface area (Å²) < 4.78 is 0. The molecule has 0 N–H and O–H groups in total. The highest BCUT2D eigenvalue weighted by atomic mass is 35.5. The van der Waals surface area contributed by atoms with Gasteiger partial charge in [0.05, 0.1) is 17.1 Å². The molecule has 0 aliphatic carbocycles. The predicted molar refractivity (Wildman–Crippen MR) is 123 cm³/mol. The molecule has 0 bridgehead atoms. The van der Waals surface area contributed by atoms with E-state index in [1.54, 1.807) is 15.9 Å². The Morgan fingerprint density at radius 1 is 1.17 bits per heavy atom. The van der Waals surface area contributed by atoms with Gasteiger partial charge in [-0.15, -0.1) is 23.1 Å². The Bertz CT molecular complexity index is 1130. The van der Waals surface area contributed by atoms with Crippen LogP contribution < -0.4 is 4.90 Å². The summed E-state index contributed by atoms with van der Waals surface area (Å²) in [5.74, 6) is 0.520. The van der Waals surface area contributed by atoms with E-state index in [0.717, 1.165) is 16.8 Å². The first-order valence-corrected chi connectivity index (χ1v) is 11.9. The van der Waals surface area contributed by atoms with E-state index in [9.17, 15) is 9.59 Å². The van der Waals surface area contributed by atoms with E-state index in [1.165, 1.54) is 28.7 Å². The van der Waals surface area contributed by atoms with Crippen molar-refractivity contribution in [3.63, 3.8) is 0 Å². The van der Waals surface area contributed by atoms with Crippen molar-refractivity contribution < 1.29 is 9.59 Å². The van der Waals surface area contributed by atoms with Gasteiger partial charge in [-0.1, -0.05) is 47.5 Å². The summed E-state index contributed by atoms with van der Waals surface area (Å²) in [5, 5.41) is 2.45. The Kier molecular flexibility index (Phi) is 4.88. The molecule has 1 aromatic heterocycles. The van der Waals surface area contributed by atoms with Crippen LogP contribution in [0.15, 0.2) is 60.0 Å². The van der Waals surface area contributed by atoms with Crippen molar-refractivity contribution in [1.29, 1.82) is 0 Å². The first-order chi connectivity index (χ1) is 14.5. The highest BCUT2D eigenvalue weighted by Crippen LogP contribution is 2.55. The lowest BCUT2D eigenvalue weighted by atomic mass is 10.1. The monoisotopic (exact) mass is 454 g/mol. The van der Waals surface area contributed by atoms with Crippen molar-refractivity contribution in [2.45, 2.75) is 18.3 Å². The molecule has 7 heteroatoms. The Balaban J connectivity index is 1.60. The fourth-order valence-electron chi connectivity index (χ4n) is 4.15. The Hall–Kier alpha value is -2.28. The van der Waals surface area contributed by atoms with Gasteiger partial charge < -0.3 is 9.80 Å². The topological polar surface area (TPSA) is 40.6 Å². The van der Waals surface area contributed by atoms with E-state index in [4.69, 9.17) is 11.6 Å². The molecule has 2 aliphatic heterocycles. The number of aryl methyl sites for hydroxylation is 1. The maximum Gasteiger partial charge on any atom is 0.268 e. The molecule has 1 atom stereocenters. The highest BCUT2D eigenvalue weighted by molar-refractivity contribution is 8.01. The number of carbonyl (C=O) groups excluding carboxylic acids is 2. The average Bonchev–Trinajstić information content (AvgIpc) is 3.47. The Morgan fingerprint density at radius 2 is 1.97 bits per heavy atom. The van der Waals surface area contributed by atoms with Crippen LogP contribution in [0.3, 0.4) is 0 Å². The quantitative estimate of drug-likeness (QED) is 0.539. The van der Waals surface area contributed by atoms with Gasteiger partial charge in [-0.05, 0) is 42.1 Å². The van der Waals surface area contributed by atoms with Crippen LogP contribution in [0, 0.1) is 6.92 Å². The number of benzene rings is 2. The molecule has 2 aromatic carbocycles. The van der Waals surface area contributed by atoms with Crippen molar-refractivity contribution in [2.75, 3.05) is 17.2 Å². The van der Waals surface area contributed by atoms with Crippen LogP contribution in [0.4, 0.5) is 5.69 Å². The van der Waals surface area contributed by atoms with Crippen molar-refractivity contribution in [3.8, 4) is 0 Å². The molecule has 3 aromatic rings. The normalized spacial score (nSPS) is 20.3. The number of fused-ring (bicyclic) bond motifs is 2. The van der Waals surface area contributed by atoms with Crippen LogP contribution in [0.1, 0.15) is 26.4 Å². The number of rotatable bonds is 3. The van der Waals surface area contributed by atoms with Crippen LogP contribution in [0.2, 0.25) is 5.02 Å². The first-order valence-electron chi connectivity index (χ1n) is 9.68. The number of halogens is 1. The van der Waals surface area contributed by atoms with Crippen LogP contribution in [0.25, 0.3) is 0 Å². The number of thiophene rings is 1. The van der Waals surface area contributed by atoms with Crippen molar-refractivity contribution in [3.05, 3.63) is 86.6 Å². The summed E-state index contributed by atoms with van der Waals surface area (Å²) in [7, 11) is 0. The van der Waals surface area contributed by atoms with E-state index in [1.807, 2.05) is 60.8 Å². The lowest BCUT2D eigenvalue weighted by Gasteiger charge is -2.33. The second-order valence-corrected chi connectivity index (χ2v) is 10.1. The van der Waals surface area contributed by atoms with E-state index < -0.39 is 4.87 Å². The van der Waals surface area contributed by atoms with Crippen LogP contribution in [-0.2, 0) is 16.2 Å². The maximum absolute atomic E-state index is 13.9. The molecule has 0 radical (unpaired) electrons. The molecule has 1 unspecified atom stereocenters. The van der Waals surface area contributed by atoms with Gasteiger partial charge in [-0.3, -0.25) is 9.59 Å². The van der Waals surface area contributed by atoms with E-state index in [-0.39, 0.29) is 11.8 Å². The molecule has 4 nitrogen and oxygen atoms in total. The summed E-state index contributed by atoms with van der Waals surface area (Å²) in [6.07, 6.45) is 0. The number of thioether (sulfide) groups is 1. The number of hydrogen-bond acceptors (Lipinski definition) is 4. The molecule has 5 rings (SSSR count). The van der Waals surface area contributed by atoms with Crippen molar-refractivity contribution >= 4 is 52.2 Å². The lowest BCUT2D eigenvalue weighted by Crippen LogP contribution is -2.50. The Labute approximate surface area is 188 Å². The fourth-order valence-corrected chi connectivity index (χ4v) is 6.45. The van der Waals surface area contributed by atoms with Gasteiger partial charge in [0, 0.05) is 22.9 Å². The van der Waals surface area contributed by atoms with E-state index in [0.29, 0.717) is 28.7 Å². The number of amides is 2. The Morgan fingerprint density at radius 3 is 2.70 bits per heavy atom. The molecule has 0 saturated carbocycles. The number of hydrogen-bond donors (Lipinski definition) is 0. The van der Waals surface area contributed by atoms with E-state index >= 15 is 0 Å². The zero-order chi connectivity index (χ0) is 20.9. The average molecular weight is 455 g/mol. The minimum Gasteiger partial charge on any atom is -0.310 e. The summed E-state index contributed by atoms with van der Waals surface area (Å²) in [6.45, 7) is 3.02. The van der Waals surface area contributed by atoms with Gasteiger partial charge in [-0.2, -0.15) is 0 Å². The third-order valence-corrected chi connectivity index (χ3v) is 8.11. The van der Waals surface area contributed by atoms with Gasteiger partial charge in [0.1, 0.15) is 0 Å². The molecule has 2 amide bonds. The molecule has 1 fully saturated rings. The molecule has 1 saturated heterocycles. The minimum atomic E-state index is -1.06. The number of nitrogens with zero attached hydrogens (tertiary/aromatic N) is 2. The van der Waals surface area contributed by atoms with Crippen LogP contribution in [0.5, 0.6) is 0 Å². The van der Waals surface area contributed by atoms with Gasteiger partial charge in [0.25, 0.3) is 11.8 Å². The molecule has 30 heavy (non-hydrogen) atoms. The van der Waals surface area contributed by atoms with E-state index in [2.05, 4.69) is 0 Å². The van der Waals surface area contributed by atoms with Gasteiger partial charge >= 0.3 is 0 Å². The van der Waals surface area contributed by atoms with Crippen LogP contribution >= 0.6 is 34.7 Å². The van der Waals surface area contributed by atoms with Gasteiger partial charge in [0.2, 0.25) is 0 Å². The third-order valence-electron chi connectivity index (χ3n) is 5.59. The molecular weight excluding hydrogens is 436 g/mol. The molecule has 2 aliphatic rings. The van der Waals surface area contributed by atoms with Gasteiger partial charge in [0.15, 0.2) is 4.87 Å². The zero-order valence-electron chi connectivity index (χ0n) is 16.3. The smallest absolute Gasteiger partial charge is 0.268 e.